The number of carbonyl (C=O) groups excluding carboxylic acids is 3. The van der Waals surface area contributed by atoms with Crippen molar-refractivity contribution in [1.82, 2.24) is 0 Å². The molecular weight excluding hydrogens is 370 g/mol. The van der Waals surface area contributed by atoms with E-state index in [0.717, 1.165) is 5.56 Å². The molecule has 0 spiro atoms. The molecule has 0 saturated carbocycles. The van der Waals surface area contributed by atoms with Crippen LogP contribution in [0.2, 0.25) is 5.02 Å². The fraction of sp³-hybridized carbons (Fsp3) is 0.150. The van der Waals surface area contributed by atoms with Crippen LogP contribution in [-0.4, -0.2) is 31.1 Å². The third-order valence-electron chi connectivity index (χ3n) is 3.32. The third-order valence-corrected chi connectivity index (χ3v) is 3.58. The molecular formula is C20H18ClNO5. The molecule has 0 unspecified atom stereocenters. The monoisotopic (exact) mass is 387 g/mol. The predicted molar refractivity (Wildman–Crippen MR) is 102 cm³/mol. The summed E-state index contributed by atoms with van der Waals surface area (Å²) in [6.45, 7) is 1.43. The Balaban J connectivity index is 1.88. The molecule has 6 nitrogen and oxygen atoms in total. The Bertz CT molecular complexity index is 846. The minimum absolute atomic E-state index is 0.221. The van der Waals surface area contributed by atoms with E-state index in [0.29, 0.717) is 5.02 Å². The number of anilines is 1. The summed E-state index contributed by atoms with van der Waals surface area (Å²) in [6, 6.07) is 13.3. The van der Waals surface area contributed by atoms with Gasteiger partial charge in [0.15, 0.2) is 6.61 Å². The fourth-order valence-electron chi connectivity index (χ4n) is 2.09. The van der Waals surface area contributed by atoms with Gasteiger partial charge in [0, 0.05) is 11.1 Å². The lowest BCUT2D eigenvalue weighted by atomic mass is 10.2. The van der Waals surface area contributed by atoms with Crippen molar-refractivity contribution in [3.8, 4) is 0 Å². The van der Waals surface area contributed by atoms with Gasteiger partial charge >= 0.3 is 11.9 Å². The fourth-order valence-corrected chi connectivity index (χ4v) is 2.21. The molecule has 2 aromatic carbocycles. The van der Waals surface area contributed by atoms with Gasteiger partial charge in [-0.15, -0.1) is 0 Å². The van der Waals surface area contributed by atoms with E-state index in [1.807, 2.05) is 0 Å². The van der Waals surface area contributed by atoms with E-state index < -0.39 is 24.5 Å². The van der Waals surface area contributed by atoms with E-state index in [4.69, 9.17) is 21.1 Å². The zero-order chi connectivity index (χ0) is 19.6. The van der Waals surface area contributed by atoms with Crippen molar-refractivity contribution in [2.45, 2.75) is 6.92 Å². The van der Waals surface area contributed by atoms with Gasteiger partial charge in [-0.1, -0.05) is 35.9 Å². The van der Waals surface area contributed by atoms with E-state index in [2.05, 4.69) is 5.32 Å². The molecule has 7 heteroatoms. The van der Waals surface area contributed by atoms with Crippen LogP contribution in [0, 0.1) is 0 Å². The van der Waals surface area contributed by atoms with Crippen molar-refractivity contribution in [1.29, 1.82) is 0 Å². The SMILES string of the molecule is CCOC(=O)c1ccccc1NC(=O)COC(=O)/C=C/c1ccc(Cl)cc1. The summed E-state index contributed by atoms with van der Waals surface area (Å²) in [7, 11) is 0. The summed E-state index contributed by atoms with van der Waals surface area (Å²) < 4.78 is 9.83. The highest BCUT2D eigenvalue weighted by atomic mass is 35.5. The van der Waals surface area contributed by atoms with Gasteiger partial charge in [-0.25, -0.2) is 9.59 Å². The Hall–Kier alpha value is -3.12. The number of nitrogens with one attached hydrogen (secondary N) is 1. The van der Waals surface area contributed by atoms with Crippen LogP contribution in [0.25, 0.3) is 6.08 Å². The molecule has 0 aliphatic heterocycles. The highest BCUT2D eigenvalue weighted by molar-refractivity contribution is 6.30. The standard InChI is InChI=1S/C20H18ClNO5/c1-2-26-20(25)16-5-3-4-6-17(16)22-18(23)13-27-19(24)12-9-14-7-10-15(21)11-8-14/h3-12H,2,13H2,1H3,(H,22,23)/b12-9+. The number of benzene rings is 2. The van der Waals surface area contributed by atoms with Crippen molar-refractivity contribution in [2.75, 3.05) is 18.5 Å². The molecule has 1 N–H and O–H groups in total. The Labute approximate surface area is 161 Å². The summed E-state index contributed by atoms with van der Waals surface area (Å²) in [5.41, 5.74) is 1.28. The molecule has 0 heterocycles. The van der Waals surface area contributed by atoms with E-state index in [1.54, 1.807) is 55.5 Å². The number of carbonyl (C=O) groups is 3. The van der Waals surface area contributed by atoms with Crippen molar-refractivity contribution < 1.29 is 23.9 Å². The first-order chi connectivity index (χ1) is 13.0. The van der Waals surface area contributed by atoms with E-state index in [1.165, 1.54) is 12.1 Å². The van der Waals surface area contributed by atoms with E-state index in [9.17, 15) is 14.4 Å². The largest absolute Gasteiger partial charge is 0.462 e. The highest BCUT2D eigenvalue weighted by Crippen LogP contribution is 2.16. The molecule has 0 fully saturated rings. The smallest absolute Gasteiger partial charge is 0.340 e. The minimum atomic E-state index is -0.668. The molecule has 140 valence electrons. The minimum Gasteiger partial charge on any atom is -0.462 e. The van der Waals surface area contributed by atoms with Gasteiger partial charge < -0.3 is 14.8 Å². The van der Waals surface area contributed by atoms with Gasteiger partial charge in [-0.3, -0.25) is 4.79 Å². The van der Waals surface area contributed by atoms with Crippen LogP contribution in [0.1, 0.15) is 22.8 Å². The van der Waals surface area contributed by atoms with Gasteiger partial charge in [-0.05, 0) is 42.8 Å². The molecule has 0 aromatic heterocycles. The average Bonchev–Trinajstić information content (AvgIpc) is 2.66. The second-order valence-electron chi connectivity index (χ2n) is 5.31. The van der Waals surface area contributed by atoms with Gasteiger partial charge in [0.25, 0.3) is 5.91 Å². The highest BCUT2D eigenvalue weighted by Gasteiger charge is 2.14. The predicted octanol–water partition coefficient (Wildman–Crippen LogP) is 3.71. The first-order valence-electron chi connectivity index (χ1n) is 8.16. The van der Waals surface area contributed by atoms with Crippen molar-refractivity contribution in [3.05, 3.63) is 70.8 Å². The molecule has 27 heavy (non-hydrogen) atoms. The second kappa shape index (κ2) is 10.1. The quantitative estimate of drug-likeness (QED) is 0.578. The molecule has 0 saturated heterocycles. The number of amides is 1. The number of para-hydroxylation sites is 1. The molecule has 0 atom stereocenters. The maximum Gasteiger partial charge on any atom is 0.340 e. The van der Waals surface area contributed by atoms with Crippen molar-refractivity contribution in [3.63, 3.8) is 0 Å². The molecule has 2 rings (SSSR count). The lowest BCUT2D eigenvalue weighted by Gasteiger charge is -2.10. The number of hydrogen-bond acceptors (Lipinski definition) is 5. The van der Waals surface area contributed by atoms with Gasteiger partial charge in [0.05, 0.1) is 17.9 Å². The summed E-state index contributed by atoms with van der Waals surface area (Å²) in [4.78, 5) is 35.6. The zero-order valence-electron chi connectivity index (χ0n) is 14.6. The van der Waals surface area contributed by atoms with Crippen LogP contribution in [0.15, 0.2) is 54.6 Å². The van der Waals surface area contributed by atoms with Gasteiger partial charge in [0.1, 0.15) is 0 Å². The Morgan fingerprint density at radius 1 is 1.04 bits per heavy atom. The number of rotatable bonds is 7. The second-order valence-corrected chi connectivity index (χ2v) is 5.74. The molecule has 0 aliphatic carbocycles. The van der Waals surface area contributed by atoms with Gasteiger partial charge in [-0.2, -0.15) is 0 Å². The Kier molecular flexibility index (Phi) is 7.58. The molecule has 0 radical (unpaired) electrons. The van der Waals surface area contributed by atoms with Crippen LogP contribution in [0.4, 0.5) is 5.69 Å². The number of esters is 2. The first-order valence-corrected chi connectivity index (χ1v) is 8.53. The molecule has 0 aliphatic rings. The number of hydrogen-bond donors (Lipinski definition) is 1. The average molecular weight is 388 g/mol. The molecule has 0 bridgehead atoms. The first kappa shape index (κ1) is 20.2. The number of ether oxygens (including phenoxy) is 2. The van der Waals surface area contributed by atoms with Crippen molar-refractivity contribution >= 4 is 41.2 Å². The van der Waals surface area contributed by atoms with Crippen LogP contribution in [0.3, 0.4) is 0 Å². The third kappa shape index (κ3) is 6.60. The lowest BCUT2D eigenvalue weighted by molar-refractivity contribution is -0.142. The number of halogens is 1. The lowest BCUT2D eigenvalue weighted by Crippen LogP contribution is -2.21. The summed E-state index contributed by atoms with van der Waals surface area (Å²) in [5.74, 6) is -1.78. The molecule has 2 aromatic rings. The van der Waals surface area contributed by atoms with E-state index in [-0.39, 0.29) is 17.9 Å². The van der Waals surface area contributed by atoms with E-state index >= 15 is 0 Å². The summed E-state index contributed by atoms with van der Waals surface area (Å²) in [5, 5.41) is 3.12. The maximum atomic E-state index is 12.0. The Morgan fingerprint density at radius 2 is 1.74 bits per heavy atom. The normalized spacial score (nSPS) is 10.4. The Morgan fingerprint density at radius 3 is 2.44 bits per heavy atom. The van der Waals surface area contributed by atoms with Crippen molar-refractivity contribution in [2.24, 2.45) is 0 Å². The van der Waals surface area contributed by atoms with Crippen LogP contribution >= 0.6 is 11.6 Å². The zero-order valence-corrected chi connectivity index (χ0v) is 15.4. The van der Waals surface area contributed by atoms with Crippen LogP contribution in [0.5, 0.6) is 0 Å². The molecule has 1 amide bonds. The topological polar surface area (TPSA) is 81.7 Å². The van der Waals surface area contributed by atoms with Crippen LogP contribution < -0.4 is 5.32 Å². The van der Waals surface area contributed by atoms with Gasteiger partial charge in [0.2, 0.25) is 0 Å². The van der Waals surface area contributed by atoms with Crippen LogP contribution in [-0.2, 0) is 19.1 Å². The summed E-state index contributed by atoms with van der Waals surface area (Å²) >= 11 is 5.78. The summed E-state index contributed by atoms with van der Waals surface area (Å²) in [6.07, 6.45) is 2.76. The maximum absolute atomic E-state index is 12.0.